The third kappa shape index (κ3) is 3.77. The summed E-state index contributed by atoms with van der Waals surface area (Å²) in [6.45, 7) is 1.61. The smallest absolute Gasteiger partial charge is 0.263 e. The van der Waals surface area contributed by atoms with Crippen molar-refractivity contribution in [2.45, 2.75) is 18.4 Å². The number of anilines is 1. The second kappa shape index (κ2) is 6.36. The standard InChI is InChI=1S/C14H13BrClNO3S/c1-9-2-5-12(16)13(6-9)17-21(19,20)14-7-10(8-18)3-4-11(14)15/h2-7,17-18H,8H2,1H3. The van der Waals surface area contributed by atoms with E-state index in [9.17, 15) is 8.42 Å². The normalized spacial score (nSPS) is 11.4. The monoisotopic (exact) mass is 389 g/mol. The Morgan fingerprint density at radius 3 is 2.62 bits per heavy atom. The molecule has 21 heavy (non-hydrogen) atoms. The summed E-state index contributed by atoms with van der Waals surface area (Å²) in [5.74, 6) is 0. The van der Waals surface area contributed by atoms with Gasteiger partial charge < -0.3 is 5.11 Å². The number of halogens is 2. The Balaban J connectivity index is 2.45. The predicted octanol–water partition coefficient (Wildman–Crippen LogP) is 3.70. The van der Waals surface area contributed by atoms with Crippen molar-refractivity contribution in [3.05, 3.63) is 57.0 Å². The summed E-state index contributed by atoms with van der Waals surface area (Å²) >= 11 is 9.22. The minimum absolute atomic E-state index is 0.0478. The van der Waals surface area contributed by atoms with E-state index in [4.69, 9.17) is 16.7 Å². The SMILES string of the molecule is Cc1ccc(Cl)c(NS(=O)(=O)c2cc(CO)ccc2Br)c1. The van der Waals surface area contributed by atoms with E-state index in [1.165, 1.54) is 6.07 Å². The summed E-state index contributed by atoms with van der Waals surface area (Å²) in [4.78, 5) is 0.0478. The van der Waals surface area contributed by atoms with Crippen LogP contribution in [0.5, 0.6) is 0 Å². The fourth-order valence-corrected chi connectivity index (χ4v) is 4.08. The number of aliphatic hydroxyl groups is 1. The highest BCUT2D eigenvalue weighted by molar-refractivity contribution is 9.10. The van der Waals surface area contributed by atoms with Gasteiger partial charge in [-0.2, -0.15) is 0 Å². The highest BCUT2D eigenvalue weighted by Crippen LogP contribution is 2.29. The van der Waals surface area contributed by atoms with Gasteiger partial charge in [-0.3, -0.25) is 4.72 Å². The maximum atomic E-state index is 12.5. The van der Waals surface area contributed by atoms with Gasteiger partial charge in [-0.15, -0.1) is 0 Å². The zero-order valence-electron chi connectivity index (χ0n) is 11.1. The van der Waals surface area contributed by atoms with Gasteiger partial charge in [0.2, 0.25) is 0 Å². The molecular formula is C14H13BrClNO3S. The molecule has 0 heterocycles. The van der Waals surface area contributed by atoms with Crippen LogP contribution < -0.4 is 4.72 Å². The molecule has 0 aromatic heterocycles. The Hall–Kier alpha value is -1.08. The first-order valence-corrected chi connectivity index (χ1v) is 8.67. The second-order valence-electron chi connectivity index (χ2n) is 4.51. The zero-order valence-corrected chi connectivity index (χ0v) is 14.3. The molecule has 0 spiro atoms. The molecule has 4 nitrogen and oxygen atoms in total. The number of aryl methyl sites for hydroxylation is 1. The van der Waals surface area contributed by atoms with E-state index >= 15 is 0 Å². The Morgan fingerprint density at radius 2 is 1.95 bits per heavy atom. The van der Waals surface area contributed by atoms with E-state index in [1.54, 1.807) is 30.3 Å². The number of benzene rings is 2. The lowest BCUT2D eigenvalue weighted by Gasteiger charge is -2.12. The summed E-state index contributed by atoms with van der Waals surface area (Å²) in [5.41, 5.74) is 1.71. The lowest BCUT2D eigenvalue weighted by atomic mass is 10.2. The van der Waals surface area contributed by atoms with Crippen LogP contribution in [-0.4, -0.2) is 13.5 Å². The van der Waals surface area contributed by atoms with Crippen molar-refractivity contribution in [1.29, 1.82) is 0 Å². The maximum Gasteiger partial charge on any atom is 0.263 e. The summed E-state index contributed by atoms with van der Waals surface area (Å²) < 4.78 is 27.8. The highest BCUT2D eigenvalue weighted by atomic mass is 79.9. The van der Waals surface area contributed by atoms with Gasteiger partial charge in [0.05, 0.1) is 17.3 Å². The van der Waals surface area contributed by atoms with Gasteiger partial charge in [0, 0.05) is 4.47 Å². The van der Waals surface area contributed by atoms with E-state index in [-0.39, 0.29) is 11.5 Å². The molecule has 0 saturated carbocycles. The van der Waals surface area contributed by atoms with E-state index < -0.39 is 10.0 Å². The van der Waals surface area contributed by atoms with Crippen LogP contribution in [0.15, 0.2) is 45.8 Å². The average molecular weight is 391 g/mol. The number of rotatable bonds is 4. The molecule has 0 atom stereocenters. The third-order valence-electron chi connectivity index (χ3n) is 2.83. The molecule has 0 aliphatic carbocycles. The van der Waals surface area contributed by atoms with Gasteiger partial charge in [0.15, 0.2) is 0 Å². The summed E-state index contributed by atoms with van der Waals surface area (Å²) in [6, 6.07) is 9.72. The molecule has 0 amide bonds. The predicted molar refractivity (Wildman–Crippen MR) is 87.1 cm³/mol. The molecule has 0 saturated heterocycles. The molecule has 2 rings (SSSR count). The van der Waals surface area contributed by atoms with Crippen LogP contribution in [0.3, 0.4) is 0 Å². The van der Waals surface area contributed by atoms with Crippen molar-refractivity contribution in [2.75, 3.05) is 4.72 Å². The van der Waals surface area contributed by atoms with E-state index in [2.05, 4.69) is 20.7 Å². The zero-order chi connectivity index (χ0) is 15.6. The number of hydrogen-bond donors (Lipinski definition) is 2. The molecule has 2 aromatic carbocycles. The Bertz CT molecular complexity index is 778. The molecule has 2 aromatic rings. The van der Waals surface area contributed by atoms with Gasteiger partial charge in [0.25, 0.3) is 10.0 Å². The second-order valence-corrected chi connectivity index (χ2v) is 7.42. The molecule has 7 heteroatoms. The topological polar surface area (TPSA) is 66.4 Å². The van der Waals surface area contributed by atoms with Crippen molar-refractivity contribution in [1.82, 2.24) is 0 Å². The van der Waals surface area contributed by atoms with Crippen LogP contribution in [0.25, 0.3) is 0 Å². The average Bonchev–Trinajstić information content (AvgIpc) is 2.43. The first-order chi connectivity index (χ1) is 9.83. The molecule has 0 unspecified atom stereocenters. The first kappa shape index (κ1) is 16.3. The van der Waals surface area contributed by atoms with Gasteiger partial charge in [-0.25, -0.2) is 8.42 Å². The van der Waals surface area contributed by atoms with E-state index in [0.29, 0.717) is 20.7 Å². The first-order valence-electron chi connectivity index (χ1n) is 6.02. The van der Waals surface area contributed by atoms with Gasteiger partial charge in [0.1, 0.15) is 4.90 Å². The van der Waals surface area contributed by atoms with Crippen LogP contribution in [0.1, 0.15) is 11.1 Å². The molecule has 0 aliphatic heterocycles. The van der Waals surface area contributed by atoms with Crippen molar-refractivity contribution in [3.8, 4) is 0 Å². The van der Waals surface area contributed by atoms with Crippen LogP contribution in [-0.2, 0) is 16.6 Å². The lowest BCUT2D eigenvalue weighted by Crippen LogP contribution is -2.14. The Kier molecular flexibility index (Phi) is 4.93. The minimum Gasteiger partial charge on any atom is -0.392 e. The number of nitrogens with one attached hydrogen (secondary N) is 1. The van der Waals surface area contributed by atoms with Gasteiger partial charge >= 0.3 is 0 Å². The molecular weight excluding hydrogens is 378 g/mol. The fraction of sp³-hybridized carbons (Fsp3) is 0.143. The highest BCUT2D eigenvalue weighted by Gasteiger charge is 2.19. The molecule has 0 radical (unpaired) electrons. The maximum absolute atomic E-state index is 12.5. The lowest BCUT2D eigenvalue weighted by molar-refractivity contribution is 0.281. The summed E-state index contributed by atoms with van der Waals surface area (Å²) in [7, 11) is -3.81. The van der Waals surface area contributed by atoms with Crippen LogP contribution in [0.2, 0.25) is 5.02 Å². The Labute approximate surface area is 136 Å². The quantitative estimate of drug-likeness (QED) is 0.836. The minimum atomic E-state index is -3.81. The van der Waals surface area contributed by atoms with Crippen molar-refractivity contribution in [3.63, 3.8) is 0 Å². The van der Waals surface area contributed by atoms with Gasteiger partial charge in [-0.1, -0.05) is 23.7 Å². The number of aliphatic hydroxyl groups excluding tert-OH is 1. The van der Waals surface area contributed by atoms with Crippen molar-refractivity contribution in [2.24, 2.45) is 0 Å². The summed E-state index contributed by atoms with van der Waals surface area (Å²) in [6.07, 6.45) is 0. The molecule has 2 N–H and O–H groups in total. The number of sulfonamides is 1. The Morgan fingerprint density at radius 1 is 1.24 bits per heavy atom. The van der Waals surface area contributed by atoms with Gasteiger partial charge in [-0.05, 0) is 58.2 Å². The van der Waals surface area contributed by atoms with Crippen LogP contribution in [0.4, 0.5) is 5.69 Å². The third-order valence-corrected chi connectivity index (χ3v) is 5.52. The largest absolute Gasteiger partial charge is 0.392 e. The summed E-state index contributed by atoms with van der Waals surface area (Å²) in [5, 5.41) is 9.46. The van der Waals surface area contributed by atoms with E-state index in [1.807, 2.05) is 6.92 Å². The molecule has 112 valence electrons. The van der Waals surface area contributed by atoms with Crippen LogP contribution >= 0.6 is 27.5 Å². The van der Waals surface area contributed by atoms with Crippen molar-refractivity contribution < 1.29 is 13.5 Å². The molecule has 0 fully saturated rings. The fourth-order valence-electron chi connectivity index (χ4n) is 1.77. The number of hydrogen-bond acceptors (Lipinski definition) is 3. The van der Waals surface area contributed by atoms with Crippen molar-refractivity contribution >= 4 is 43.2 Å². The molecule has 0 aliphatic rings. The van der Waals surface area contributed by atoms with Crippen LogP contribution in [0, 0.1) is 6.92 Å². The van der Waals surface area contributed by atoms with E-state index in [0.717, 1.165) is 5.56 Å². The molecule has 0 bridgehead atoms.